The lowest BCUT2D eigenvalue weighted by molar-refractivity contribution is 0.0953. The van der Waals surface area contributed by atoms with Crippen molar-refractivity contribution < 1.29 is 4.79 Å². The summed E-state index contributed by atoms with van der Waals surface area (Å²) in [6.07, 6.45) is 5.52. The fraction of sp³-hybridized carbons (Fsp3) is 0.385. The molecule has 1 fully saturated rings. The predicted molar refractivity (Wildman–Crippen MR) is 139 cm³/mol. The van der Waals surface area contributed by atoms with Crippen LogP contribution in [0.3, 0.4) is 0 Å². The second-order valence-electron chi connectivity index (χ2n) is 8.93. The third-order valence-electron chi connectivity index (χ3n) is 6.10. The number of thioether (sulfide) groups is 1. The van der Waals surface area contributed by atoms with E-state index in [-0.39, 0.29) is 5.91 Å². The van der Waals surface area contributed by atoms with E-state index < -0.39 is 0 Å². The molecule has 34 heavy (non-hydrogen) atoms. The van der Waals surface area contributed by atoms with Gasteiger partial charge in [0.05, 0.1) is 18.1 Å². The summed E-state index contributed by atoms with van der Waals surface area (Å²) in [5.74, 6) is 0.909. The fourth-order valence-electron chi connectivity index (χ4n) is 4.49. The summed E-state index contributed by atoms with van der Waals surface area (Å²) in [7, 11) is 0. The first-order valence-electron chi connectivity index (χ1n) is 12.0. The summed E-state index contributed by atoms with van der Waals surface area (Å²) in [6, 6.07) is 13.8. The summed E-state index contributed by atoms with van der Waals surface area (Å²) in [6.45, 7) is 7.35. The number of anilines is 1. The van der Waals surface area contributed by atoms with Crippen molar-refractivity contribution in [2.75, 3.05) is 24.5 Å². The van der Waals surface area contributed by atoms with Gasteiger partial charge in [-0.2, -0.15) is 5.10 Å². The van der Waals surface area contributed by atoms with Crippen molar-refractivity contribution in [3.8, 4) is 0 Å². The van der Waals surface area contributed by atoms with Crippen LogP contribution < -0.4 is 10.2 Å². The van der Waals surface area contributed by atoms with E-state index in [1.54, 1.807) is 11.8 Å². The lowest BCUT2D eigenvalue weighted by atomic mass is 10.0. The van der Waals surface area contributed by atoms with Crippen LogP contribution in [0.25, 0.3) is 21.8 Å². The molecule has 2 aromatic carbocycles. The average Bonchev–Trinajstić information content (AvgIpc) is 3.26. The summed E-state index contributed by atoms with van der Waals surface area (Å²) < 4.78 is 1.89. The molecule has 0 aliphatic carbocycles. The van der Waals surface area contributed by atoms with Gasteiger partial charge in [0.15, 0.2) is 10.8 Å². The molecule has 2 aromatic heterocycles. The third kappa shape index (κ3) is 4.73. The van der Waals surface area contributed by atoms with Crippen LogP contribution in [0.15, 0.2) is 53.8 Å². The van der Waals surface area contributed by atoms with Crippen molar-refractivity contribution in [1.82, 2.24) is 25.1 Å². The molecular weight excluding hydrogens is 444 g/mol. The molecule has 1 aliphatic heterocycles. The Kier molecular flexibility index (Phi) is 6.67. The molecular formula is C26H30N6OS. The highest BCUT2D eigenvalue weighted by Crippen LogP contribution is 2.30. The van der Waals surface area contributed by atoms with E-state index in [1.807, 2.05) is 53.3 Å². The monoisotopic (exact) mass is 474 g/mol. The van der Waals surface area contributed by atoms with E-state index in [0.717, 1.165) is 45.9 Å². The molecule has 4 aromatic rings. The smallest absolute Gasteiger partial charge is 0.251 e. The lowest BCUT2D eigenvalue weighted by Gasteiger charge is -2.28. The number of nitrogens with one attached hydrogen (secondary N) is 1. The molecule has 1 amide bonds. The van der Waals surface area contributed by atoms with Gasteiger partial charge in [0.2, 0.25) is 0 Å². The average molecular weight is 475 g/mol. The highest BCUT2D eigenvalue weighted by atomic mass is 32.2. The van der Waals surface area contributed by atoms with Crippen LogP contribution in [0.1, 0.15) is 43.5 Å². The maximum absolute atomic E-state index is 12.9. The molecule has 1 N–H and O–H groups in total. The molecule has 0 spiro atoms. The van der Waals surface area contributed by atoms with Crippen molar-refractivity contribution in [2.24, 2.45) is 0 Å². The van der Waals surface area contributed by atoms with E-state index in [9.17, 15) is 4.79 Å². The lowest BCUT2D eigenvalue weighted by Crippen LogP contribution is -2.30. The number of aromatic nitrogens is 4. The van der Waals surface area contributed by atoms with Crippen molar-refractivity contribution >= 4 is 45.3 Å². The Balaban J connectivity index is 1.36. The topological polar surface area (TPSA) is 75.9 Å². The highest BCUT2D eigenvalue weighted by Gasteiger charge is 2.20. The van der Waals surface area contributed by atoms with Crippen LogP contribution in [0.2, 0.25) is 0 Å². The molecule has 3 heterocycles. The highest BCUT2D eigenvalue weighted by molar-refractivity contribution is 7.99. The van der Waals surface area contributed by atoms with Crippen LogP contribution in [-0.2, 0) is 6.54 Å². The van der Waals surface area contributed by atoms with Crippen LogP contribution in [0, 0.1) is 0 Å². The van der Waals surface area contributed by atoms with Crippen LogP contribution in [-0.4, -0.2) is 50.5 Å². The number of carbonyl (C=O) groups is 1. The quantitative estimate of drug-likeness (QED) is 0.303. The maximum atomic E-state index is 12.9. The molecule has 0 bridgehead atoms. The molecule has 7 nitrogen and oxygen atoms in total. The van der Waals surface area contributed by atoms with E-state index in [4.69, 9.17) is 9.97 Å². The largest absolute Gasteiger partial charge is 0.356 e. The number of carbonyl (C=O) groups excluding carboxylic acids is 1. The second kappa shape index (κ2) is 10.0. The Labute approximate surface area is 204 Å². The Morgan fingerprint density at radius 3 is 2.65 bits per heavy atom. The van der Waals surface area contributed by atoms with Crippen molar-refractivity contribution in [3.05, 3.63) is 54.2 Å². The molecule has 0 unspecified atom stereocenters. The van der Waals surface area contributed by atoms with Gasteiger partial charge in [-0.25, -0.2) is 14.6 Å². The Hall–Kier alpha value is -3.13. The molecule has 0 atom stereocenters. The number of rotatable bonds is 7. The zero-order valence-corrected chi connectivity index (χ0v) is 20.5. The maximum Gasteiger partial charge on any atom is 0.251 e. The minimum atomic E-state index is -0.0760. The molecule has 0 saturated carbocycles. The van der Waals surface area contributed by atoms with Gasteiger partial charge in [-0.3, -0.25) is 4.79 Å². The first-order valence-corrected chi connectivity index (χ1v) is 12.9. The van der Waals surface area contributed by atoms with Gasteiger partial charge in [-0.15, -0.1) is 0 Å². The normalized spacial score (nSPS) is 14.3. The molecule has 8 heteroatoms. The molecule has 1 saturated heterocycles. The first-order chi connectivity index (χ1) is 16.6. The zero-order valence-electron chi connectivity index (χ0n) is 19.7. The van der Waals surface area contributed by atoms with Crippen LogP contribution >= 0.6 is 11.8 Å². The van der Waals surface area contributed by atoms with E-state index in [0.29, 0.717) is 23.9 Å². The van der Waals surface area contributed by atoms with Gasteiger partial charge in [0.1, 0.15) is 5.82 Å². The standard InChI is InChI=1S/C26H30N6OS/c1-18(2)34-26-29-23(31-14-6-3-7-15-31)22-17-28-32(24(22)30-26)16-13-27-25(33)21-12-8-10-19-9-4-5-11-20(19)21/h4-5,8-12,17-18H,3,6-7,13-16H2,1-2H3,(H,27,33). The number of piperidine rings is 1. The van der Waals surface area contributed by atoms with E-state index in [2.05, 4.69) is 29.2 Å². The van der Waals surface area contributed by atoms with Crippen LogP contribution in [0.5, 0.6) is 0 Å². The molecule has 1 aliphatic rings. The SMILES string of the molecule is CC(C)Sc1nc(N2CCCCC2)c2cnn(CCNC(=O)c3cccc4ccccc34)c2n1. The Bertz CT molecular complexity index is 1310. The van der Waals surface area contributed by atoms with Crippen molar-refractivity contribution in [2.45, 2.75) is 50.1 Å². The summed E-state index contributed by atoms with van der Waals surface area (Å²) in [4.78, 5) is 25.0. The number of nitrogens with zero attached hydrogens (tertiary/aromatic N) is 5. The summed E-state index contributed by atoms with van der Waals surface area (Å²) >= 11 is 1.67. The third-order valence-corrected chi connectivity index (χ3v) is 6.96. The predicted octanol–water partition coefficient (Wildman–Crippen LogP) is 4.90. The Morgan fingerprint density at radius 2 is 1.82 bits per heavy atom. The van der Waals surface area contributed by atoms with Gasteiger partial charge in [0, 0.05) is 30.4 Å². The summed E-state index contributed by atoms with van der Waals surface area (Å²) in [5, 5.41) is 11.9. The molecule has 0 radical (unpaired) electrons. The number of hydrogen-bond donors (Lipinski definition) is 1. The molecule has 176 valence electrons. The van der Waals surface area contributed by atoms with Gasteiger partial charge >= 0.3 is 0 Å². The van der Waals surface area contributed by atoms with E-state index in [1.165, 1.54) is 19.3 Å². The zero-order chi connectivity index (χ0) is 23.5. The van der Waals surface area contributed by atoms with Crippen molar-refractivity contribution in [3.63, 3.8) is 0 Å². The molecule has 5 rings (SSSR count). The summed E-state index contributed by atoms with van der Waals surface area (Å²) in [5.41, 5.74) is 1.52. The number of benzene rings is 2. The number of hydrogen-bond acceptors (Lipinski definition) is 6. The minimum Gasteiger partial charge on any atom is -0.356 e. The number of fused-ring (bicyclic) bond motifs is 2. The van der Waals surface area contributed by atoms with Gasteiger partial charge in [-0.1, -0.05) is 62.0 Å². The van der Waals surface area contributed by atoms with Gasteiger partial charge in [0.25, 0.3) is 5.91 Å². The van der Waals surface area contributed by atoms with E-state index >= 15 is 0 Å². The minimum absolute atomic E-state index is 0.0760. The second-order valence-corrected chi connectivity index (χ2v) is 10.5. The van der Waals surface area contributed by atoms with Gasteiger partial charge < -0.3 is 10.2 Å². The fourth-order valence-corrected chi connectivity index (χ4v) is 5.19. The number of amides is 1. The van der Waals surface area contributed by atoms with Crippen LogP contribution in [0.4, 0.5) is 5.82 Å². The first kappa shape index (κ1) is 22.7. The van der Waals surface area contributed by atoms with Crippen molar-refractivity contribution in [1.29, 1.82) is 0 Å². The Morgan fingerprint density at radius 1 is 1.03 bits per heavy atom. The van der Waals surface area contributed by atoms with Gasteiger partial charge in [-0.05, 0) is 36.1 Å².